The molecule has 0 radical (unpaired) electrons. The van der Waals surface area contributed by atoms with Gasteiger partial charge in [-0.15, -0.1) is 0 Å². The first kappa shape index (κ1) is 23.1. The highest BCUT2D eigenvalue weighted by Crippen LogP contribution is 2.28. The predicted octanol–water partition coefficient (Wildman–Crippen LogP) is 4.60. The first-order chi connectivity index (χ1) is 15.3. The van der Waals surface area contributed by atoms with Gasteiger partial charge in [-0.2, -0.15) is 0 Å². The van der Waals surface area contributed by atoms with Crippen LogP contribution in [0.4, 0.5) is 11.4 Å². The number of amides is 1. The van der Waals surface area contributed by atoms with Crippen molar-refractivity contribution in [3.05, 3.63) is 78.4 Å². The summed E-state index contributed by atoms with van der Waals surface area (Å²) in [5.41, 5.74) is 1.80. The molecule has 0 bridgehead atoms. The molecule has 1 atom stereocenters. The van der Waals surface area contributed by atoms with Crippen molar-refractivity contribution in [3.63, 3.8) is 0 Å². The first-order valence-electron chi connectivity index (χ1n) is 10.1. The topological polar surface area (TPSA) is 93.7 Å². The second-order valence-electron chi connectivity index (χ2n) is 7.10. The summed E-state index contributed by atoms with van der Waals surface area (Å²) in [6.07, 6.45) is -0.297. The first-order valence-corrected chi connectivity index (χ1v) is 11.6. The molecule has 3 rings (SSSR count). The van der Waals surface area contributed by atoms with E-state index < -0.39 is 16.1 Å². The van der Waals surface area contributed by atoms with Gasteiger partial charge >= 0.3 is 0 Å². The summed E-state index contributed by atoms with van der Waals surface area (Å²) in [6, 6.07) is 20.2. The molecule has 0 saturated carbocycles. The minimum atomic E-state index is -3.75. The van der Waals surface area contributed by atoms with Gasteiger partial charge in [0, 0.05) is 5.69 Å². The molecule has 0 aliphatic rings. The highest BCUT2D eigenvalue weighted by Gasteiger charge is 2.21. The second kappa shape index (κ2) is 10.2. The van der Waals surface area contributed by atoms with E-state index >= 15 is 0 Å². The van der Waals surface area contributed by atoms with Crippen LogP contribution in [0.2, 0.25) is 0 Å². The lowest BCUT2D eigenvalue weighted by Gasteiger charge is -2.19. The molecule has 0 fully saturated rings. The number of methoxy groups -OCH3 is 1. The molecule has 2 N–H and O–H groups in total. The molecule has 0 heterocycles. The number of rotatable bonds is 9. The lowest BCUT2D eigenvalue weighted by Crippen LogP contribution is -2.32. The van der Waals surface area contributed by atoms with Gasteiger partial charge in [0.2, 0.25) is 0 Å². The molecule has 0 aliphatic carbocycles. The fourth-order valence-electron chi connectivity index (χ4n) is 3.02. The van der Waals surface area contributed by atoms with Crippen LogP contribution in [0.15, 0.2) is 77.7 Å². The summed E-state index contributed by atoms with van der Waals surface area (Å²) >= 11 is 0. The SMILES string of the molecule is CC[C@H](Oc1ccccc1OC)C(=O)Nc1ccc(S(=O)(=O)Nc2ccccc2C)cc1. The van der Waals surface area contributed by atoms with E-state index in [1.807, 2.05) is 32.0 Å². The second-order valence-corrected chi connectivity index (χ2v) is 8.78. The van der Waals surface area contributed by atoms with Crippen LogP contribution >= 0.6 is 0 Å². The number of carbonyl (C=O) groups is 1. The van der Waals surface area contributed by atoms with Crippen LogP contribution in [-0.2, 0) is 14.8 Å². The van der Waals surface area contributed by atoms with Crippen LogP contribution in [0.25, 0.3) is 0 Å². The molecule has 0 saturated heterocycles. The Kier molecular flexibility index (Phi) is 7.37. The number of para-hydroxylation sites is 3. The van der Waals surface area contributed by atoms with Crippen molar-refractivity contribution in [2.45, 2.75) is 31.3 Å². The third-order valence-electron chi connectivity index (χ3n) is 4.82. The molecular formula is C24H26N2O5S. The van der Waals surface area contributed by atoms with Crippen molar-refractivity contribution in [2.75, 3.05) is 17.1 Å². The molecule has 0 aromatic heterocycles. The van der Waals surface area contributed by atoms with Crippen molar-refractivity contribution in [3.8, 4) is 11.5 Å². The van der Waals surface area contributed by atoms with Crippen LogP contribution in [0.3, 0.4) is 0 Å². The van der Waals surface area contributed by atoms with E-state index in [0.717, 1.165) is 5.56 Å². The summed E-state index contributed by atoms with van der Waals surface area (Å²) in [6.45, 7) is 3.67. The molecule has 3 aromatic carbocycles. The Morgan fingerprint density at radius 1 is 0.938 bits per heavy atom. The zero-order valence-electron chi connectivity index (χ0n) is 18.2. The van der Waals surface area contributed by atoms with E-state index in [4.69, 9.17) is 9.47 Å². The van der Waals surface area contributed by atoms with Gasteiger partial charge in [-0.05, 0) is 61.4 Å². The van der Waals surface area contributed by atoms with Crippen LogP contribution < -0.4 is 19.5 Å². The Morgan fingerprint density at radius 3 is 2.19 bits per heavy atom. The Balaban J connectivity index is 1.69. The minimum Gasteiger partial charge on any atom is -0.493 e. The third kappa shape index (κ3) is 5.59. The van der Waals surface area contributed by atoms with Crippen molar-refractivity contribution in [1.82, 2.24) is 0 Å². The predicted molar refractivity (Wildman–Crippen MR) is 125 cm³/mol. The number of nitrogens with one attached hydrogen (secondary N) is 2. The van der Waals surface area contributed by atoms with Crippen molar-refractivity contribution < 1.29 is 22.7 Å². The summed E-state index contributed by atoms with van der Waals surface area (Å²) in [7, 11) is -2.22. The number of sulfonamides is 1. The fraction of sp³-hybridized carbons (Fsp3) is 0.208. The van der Waals surface area contributed by atoms with Gasteiger partial charge < -0.3 is 14.8 Å². The Morgan fingerprint density at radius 2 is 1.56 bits per heavy atom. The minimum absolute atomic E-state index is 0.0936. The van der Waals surface area contributed by atoms with E-state index in [0.29, 0.717) is 29.3 Å². The number of hydrogen-bond donors (Lipinski definition) is 2. The maximum Gasteiger partial charge on any atom is 0.265 e. The maximum absolute atomic E-state index is 12.7. The molecule has 8 heteroatoms. The van der Waals surface area contributed by atoms with Crippen LogP contribution in [0, 0.1) is 6.92 Å². The number of aryl methyl sites for hydroxylation is 1. The summed E-state index contributed by atoms with van der Waals surface area (Å²) < 4.78 is 39.0. The molecule has 7 nitrogen and oxygen atoms in total. The van der Waals surface area contributed by atoms with Crippen molar-refractivity contribution in [2.24, 2.45) is 0 Å². The number of ether oxygens (including phenoxy) is 2. The zero-order chi connectivity index (χ0) is 23.1. The van der Waals surface area contributed by atoms with Gasteiger partial charge in [0.05, 0.1) is 17.7 Å². The summed E-state index contributed by atoms with van der Waals surface area (Å²) in [5.74, 6) is 0.669. The van der Waals surface area contributed by atoms with E-state index in [1.165, 1.54) is 19.2 Å². The number of hydrogen-bond acceptors (Lipinski definition) is 5. The Labute approximate surface area is 188 Å². The average molecular weight is 455 g/mol. The van der Waals surface area contributed by atoms with Crippen LogP contribution in [0.1, 0.15) is 18.9 Å². The monoisotopic (exact) mass is 454 g/mol. The normalized spacial score (nSPS) is 12.0. The molecular weight excluding hydrogens is 428 g/mol. The fourth-order valence-corrected chi connectivity index (χ4v) is 4.15. The third-order valence-corrected chi connectivity index (χ3v) is 6.20. The summed E-state index contributed by atoms with van der Waals surface area (Å²) in [5, 5.41) is 2.77. The smallest absolute Gasteiger partial charge is 0.265 e. The zero-order valence-corrected chi connectivity index (χ0v) is 19.0. The van der Waals surface area contributed by atoms with Crippen molar-refractivity contribution >= 4 is 27.3 Å². The molecule has 3 aromatic rings. The molecule has 0 spiro atoms. The highest BCUT2D eigenvalue weighted by molar-refractivity contribution is 7.92. The average Bonchev–Trinajstić information content (AvgIpc) is 2.79. The van der Waals surface area contributed by atoms with Gasteiger partial charge in [0.25, 0.3) is 15.9 Å². The molecule has 1 amide bonds. The summed E-state index contributed by atoms with van der Waals surface area (Å²) in [4.78, 5) is 12.8. The lowest BCUT2D eigenvalue weighted by atomic mass is 10.2. The molecule has 168 valence electrons. The molecule has 0 aliphatic heterocycles. The Hall–Kier alpha value is -3.52. The van der Waals surface area contributed by atoms with Crippen LogP contribution in [0.5, 0.6) is 11.5 Å². The molecule has 32 heavy (non-hydrogen) atoms. The van der Waals surface area contributed by atoms with E-state index in [1.54, 1.807) is 42.5 Å². The van der Waals surface area contributed by atoms with Gasteiger partial charge in [-0.3, -0.25) is 9.52 Å². The van der Waals surface area contributed by atoms with Crippen molar-refractivity contribution in [1.29, 1.82) is 0 Å². The largest absolute Gasteiger partial charge is 0.493 e. The van der Waals surface area contributed by atoms with Crippen LogP contribution in [-0.4, -0.2) is 27.5 Å². The van der Waals surface area contributed by atoms with E-state index in [9.17, 15) is 13.2 Å². The van der Waals surface area contributed by atoms with E-state index in [2.05, 4.69) is 10.0 Å². The Bertz CT molecular complexity index is 1180. The quantitative estimate of drug-likeness (QED) is 0.493. The number of benzene rings is 3. The van der Waals surface area contributed by atoms with Gasteiger partial charge in [-0.25, -0.2) is 8.42 Å². The maximum atomic E-state index is 12.7. The standard InChI is InChI=1S/C24H26N2O5S/c1-4-21(31-23-12-8-7-11-22(23)30-3)24(27)25-18-13-15-19(16-14-18)32(28,29)26-20-10-6-5-9-17(20)2/h5-16,21,26H,4H2,1-3H3,(H,25,27)/t21-/m0/s1. The van der Waals surface area contributed by atoms with Gasteiger partial charge in [-0.1, -0.05) is 37.3 Å². The van der Waals surface area contributed by atoms with Gasteiger partial charge in [0.15, 0.2) is 17.6 Å². The highest BCUT2D eigenvalue weighted by atomic mass is 32.2. The number of carbonyl (C=O) groups excluding carboxylic acids is 1. The molecule has 0 unspecified atom stereocenters. The van der Waals surface area contributed by atoms with E-state index in [-0.39, 0.29) is 10.8 Å². The van der Waals surface area contributed by atoms with Gasteiger partial charge in [0.1, 0.15) is 0 Å². The lowest BCUT2D eigenvalue weighted by molar-refractivity contribution is -0.122. The number of anilines is 2.